The molecule has 0 radical (unpaired) electrons. The number of nitrogens with zero attached hydrogens (tertiary/aromatic N) is 2. The van der Waals surface area contributed by atoms with Gasteiger partial charge in [0.2, 0.25) is 0 Å². The maximum absolute atomic E-state index is 12.0. The van der Waals surface area contributed by atoms with Crippen LogP contribution in [0.15, 0.2) is 71.8 Å². The van der Waals surface area contributed by atoms with Crippen LogP contribution in [0.1, 0.15) is 5.69 Å². The Kier molecular flexibility index (Phi) is 3.58. The number of imidazole rings is 1. The molecule has 0 atom stereocenters. The van der Waals surface area contributed by atoms with Crippen molar-refractivity contribution < 1.29 is 9.59 Å². The number of thioether (sulfide) groups is 1. The minimum atomic E-state index is -0.375. The zero-order valence-electron chi connectivity index (χ0n) is 14.0. The largest absolute Gasteiger partial charge is 0.300 e. The standard InChI is InChI=1S/C21H13N3O2S/c25-20-17(27-21(26)23-20)12-16-19(22-18-7-3-4-10-24(16)18)15-9-8-13-5-1-2-6-14(13)11-15/h1-12H,(H,23,25,26). The molecule has 2 amide bonds. The molecule has 1 N–H and O–H groups in total. The summed E-state index contributed by atoms with van der Waals surface area (Å²) >= 11 is 0.907. The molecule has 4 aromatic rings. The Bertz CT molecular complexity index is 1270. The van der Waals surface area contributed by atoms with E-state index in [0.29, 0.717) is 4.91 Å². The van der Waals surface area contributed by atoms with E-state index in [9.17, 15) is 9.59 Å². The molecule has 6 heteroatoms. The van der Waals surface area contributed by atoms with Crippen molar-refractivity contribution in [3.8, 4) is 11.3 Å². The molecule has 1 saturated heterocycles. The van der Waals surface area contributed by atoms with Crippen LogP contribution in [0.5, 0.6) is 0 Å². The smallest absolute Gasteiger partial charge is 0.290 e. The van der Waals surface area contributed by atoms with Crippen LogP contribution in [0, 0.1) is 0 Å². The van der Waals surface area contributed by atoms with Crippen LogP contribution in [0.4, 0.5) is 4.79 Å². The van der Waals surface area contributed by atoms with Gasteiger partial charge in [0.25, 0.3) is 11.1 Å². The van der Waals surface area contributed by atoms with Crippen LogP contribution in [0.3, 0.4) is 0 Å². The van der Waals surface area contributed by atoms with Gasteiger partial charge in [-0.1, -0.05) is 42.5 Å². The zero-order chi connectivity index (χ0) is 18.4. The first kappa shape index (κ1) is 15.8. The highest BCUT2D eigenvalue weighted by molar-refractivity contribution is 8.18. The number of carbonyl (C=O) groups excluding carboxylic acids is 2. The van der Waals surface area contributed by atoms with E-state index in [1.54, 1.807) is 6.08 Å². The molecule has 2 aromatic carbocycles. The number of aromatic nitrogens is 2. The lowest BCUT2D eigenvalue weighted by Gasteiger charge is -2.04. The average Bonchev–Trinajstić information content (AvgIpc) is 3.21. The molecule has 3 heterocycles. The summed E-state index contributed by atoms with van der Waals surface area (Å²) in [5.74, 6) is -0.375. The quantitative estimate of drug-likeness (QED) is 0.528. The minimum Gasteiger partial charge on any atom is -0.300 e. The van der Waals surface area contributed by atoms with E-state index in [0.717, 1.165) is 45.1 Å². The molecule has 2 aromatic heterocycles. The Labute approximate surface area is 158 Å². The van der Waals surface area contributed by atoms with Gasteiger partial charge in [0.1, 0.15) is 5.65 Å². The van der Waals surface area contributed by atoms with Gasteiger partial charge in [-0.2, -0.15) is 0 Å². The van der Waals surface area contributed by atoms with E-state index < -0.39 is 0 Å². The molecule has 27 heavy (non-hydrogen) atoms. The maximum Gasteiger partial charge on any atom is 0.290 e. The summed E-state index contributed by atoms with van der Waals surface area (Å²) in [5.41, 5.74) is 3.28. The summed E-state index contributed by atoms with van der Waals surface area (Å²) in [6.45, 7) is 0. The molecule has 0 unspecified atom stereocenters. The van der Waals surface area contributed by atoms with Gasteiger partial charge in [-0.25, -0.2) is 4.98 Å². The third-order valence-corrected chi connectivity index (χ3v) is 5.31. The second kappa shape index (κ2) is 6.10. The summed E-state index contributed by atoms with van der Waals surface area (Å²) in [6, 6.07) is 20.1. The summed E-state index contributed by atoms with van der Waals surface area (Å²) in [7, 11) is 0. The van der Waals surface area contributed by atoms with Crippen LogP contribution in [-0.2, 0) is 4.79 Å². The highest BCUT2D eigenvalue weighted by Crippen LogP contribution is 2.32. The van der Waals surface area contributed by atoms with E-state index >= 15 is 0 Å². The molecule has 5 nitrogen and oxygen atoms in total. The minimum absolute atomic E-state index is 0.354. The fraction of sp³-hybridized carbons (Fsp3) is 0. The van der Waals surface area contributed by atoms with Crippen molar-refractivity contribution >= 4 is 45.4 Å². The van der Waals surface area contributed by atoms with Crippen LogP contribution >= 0.6 is 11.8 Å². The summed E-state index contributed by atoms with van der Waals surface area (Å²) < 4.78 is 1.92. The predicted molar refractivity (Wildman–Crippen MR) is 107 cm³/mol. The Morgan fingerprint density at radius 1 is 0.963 bits per heavy atom. The third-order valence-electron chi connectivity index (χ3n) is 4.50. The van der Waals surface area contributed by atoms with Gasteiger partial charge in [-0.15, -0.1) is 0 Å². The van der Waals surface area contributed by atoms with Gasteiger partial charge in [0, 0.05) is 11.8 Å². The normalized spacial score (nSPS) is 15.8. The fourth-order valence-electron chi connectivity index (χ4n) is 3.25. The second-order valence-corrected chi connectivity index (χ2v) is 7.20. The summed E-state index contributed by atoms with van der Waals surface area (Å²) in [5, 5.41) is 4.22. The van der Waals surface area contributed by atoms with Gasteiger partial charge in [0.15, 0.2) is 0 Å². The van der Waals surface area contributed by atoms with Crippen molar-refractivity contribution in [2.75, 3.05) is 0 Å². The van der Waals surface area contributed by atoms with Crippen molar-refractivity contribution in [2.24, 2.45) is 0 Å². The molecule has 1 aliphatic rings. The van der Waals surface area contributed by atoms with Crippen molar-refractivity contribution in [2.45, 2.75) is 0 Å². The SMILES string of the molecule is O=C1NC(=O)C(=Cc2c(-c3ccc4ccccc4c3)nc3ccccn23)S1. The number of nitrogens with one attached hydrogen (secondary N) is 1. The number of pyridine rings is 1. The molecule has 1 fully saturated rings. The lowest BCUT2D eigenvalue weighted by molar-refractivity contribution is -0.115. The Morgan fingerprint density at radius 3 is 2.59 bits per heavy atom. The van der Waals surface area contributed by atoms with Crippen molar-refractivity contribution in [1.82, 2.24) is 14.7 Å². The average molecular weight is 371 g/mol. The number of rotatable bonds is 2. The van der Waals surface area contributed by atoms with E-state index in [2.05, 4.69) is 29.6 Å². The number of hydrogen-bond acceptors (Lipinski definition) is 4. The van der Waals surface area contributed by atoms with Gasteiger partial charge in [-0.3, -0.25) is 19.3 Å². The van der Waals surface area contributed by atoms with E-state index in [-0.39, 0.29) is 11.1 Å². The number of amides is 2. The lowest BCUT2D eigenvalue weighted by atomic mass is 10.0. The van der Waals surface area contributed by atoms with Crippen LogP contribution in [0.25, 0.3) is 33.8 Å². The first-order chi connectivity index (χ1) is 13.2. The molecular weight excluding hydrogens is 358 g/mol. The second-order valence-electron chi connectivity index (χ2n) is 6.19. The molecular formula is C21H13N3O2S. The number of imide groups is 1. The van der Waals surface area contributed by atoms with Gasteiger partial charge in [0.05, 0.1) is 16.3 Å². The Morgan fingerprint density at radius 2 is 1.78 bits per heavy atom. The zero-order valence-corrected chi connectivity index (χ0v) is 14.9. The highest BCUT2D eigenvalue weighted by Gasteiger charge is 2.26. The predicted octanol–water partition coefficient (Wildman–Crippen LogP) is 4.48. The van der Waals surface area contributed by atoms with Gasteiger partial charge in [-0.05, 0) is 46.8 Å². The molecule has 0 saturated carbocycles. The molecule has 130 valence electrons. The number of benzene rings is 2. The molecule has 0 bridgehead atoms. The van der Waals surface area contributed by atoms with Crippen molar-refractivity contribution in [1.29, 1.82) is 0 Å². The number of fused-ring (bicyclic) bond motifs is 2. The van der Waals surface area contributed by atoms with E-state index in [1.807, 2.05) is 47.0 Å². The first-order valence-electron chi connectivity index (χ1n) is 8.40. The Balaban J connectivity index is 1.75. The first-order valence-corrected chi connectivity index (χ1v) is 9.22. The van der Waals surface area contributed by atoms with Crippen LogP contribution < -0.4 is 5.32 Å². The number of hydrogen-bond donors (Lipinski definition) is 1. The number of carbonyl (C=O) groups is 2. The van der Waals surface area contributed by atoms with Crippen molar-refractivity contribution in [3.05, 3.63) is 77.5 Å². The lowest BCUT2D eigenvalue weighted by Crippen LogP contribution is -2.17. The topological polar surface area (TPSA) is 63.5 Å². The third kappa shape index (κ3) is 2.71. The molecule has 5 rings (SSSR count). The molecule has 0 spiro atoms. The van der Waals surface area contributed by atoms with E-state index in [4.69, 9.17) is 4.98 Å². The monoisotopic (exact) mass is 371 g/mol. The fourth-order valence-corrected chi connectivity index (χ4v) is 3.90. The van der Waals surface area contributed by atoms with Gasteiger partial charge < -0.3 is 0 Å². The molecule has 1 aliphatic heterocycles. The summed E-state index contributed by atoms with van der Waals surface area (Å²) in [6.07, 6.45) is 3.63. The Hall–Kier alpha value is -3.38. The van der Waals surface area contributed by atoms with E-state index in [1.165, 1.54) is 0 Å². The van der Waals surface area contributed by atoms with Crippen LogP contribution in [-0.4, -0.2) is 20.5 Å². The van der Waals surface area contributed by atoms with Gasteiger partial charge >= 0.3 is 0 Å². The maximum atomic E-state index is 12.0. The van der Waals surface area contributed by atoms with Crippen LogP contribution in [0.2, 0.25) is 0 Å². The molecule has 0 aliphatic carbocycles. The summed E-state index contributed by atoms with van der Waals surface area (Å²) in [4.78, 5) is 28.7. The van der Waals surface area contributed by atoms with Crippen molar-refractivity contribution in [3.63, 3.8) is 0 Å². The highest BCUT2D eigenvalue weighted by atomic mass is 32.2.